The van der Waals surface area contributed by atoms with Gasteiger partial charge in [0.15, 0.2) is 11.6 Å². The summed E-state index contributed by atoms with van der Waals surface area (Å²) in [6, 6.07) is 4.38. The van der Waals surface area contributed by atoms with Gasteiger partial charge >= 0.3 is 5.97 Å². The molecule has 0 amide bonds. The fourth-order valence-electron chi connectivity index (χ4n) is 1.45. The summed E-state index contributed by atoms with van der Waals surface area (Å²) in [5, 5.41) is 8.57. The number of benzene rings is 1. The minimum atomic E-state index is -1.09. The molecule has 19 heavy (non-hydrogen) atoms. The average molecular weight is 268 g/mol. The highest BCUT2D eigenvalue weighted by Gasteiger charge is 2.07. The lowest BCUT2D eigenvalue weighted by Gasteiger charge is -2.10. The number of ether oxygens (including phenoxy) is 2. The van der Waals surface area contributed by atoms with Crippen LogP contribution in [0.2, 0.25) is 0 Å². The Bertz CT molecular complexity index is 443. The number of hydrogen-bond acceptors (Lipinski definition) is 3. The molecule has 4 nitrogen and oxygen atoms in total. The topological polar surface area (TPSA) is 55.8 Å². The molecule has 0 aliphatic heterocycles. The predicted molar refractivity (Wildman–Crippen MR) is 69.7 cm³/mol. The highest BCUT2D eigenvalue weighted by atomic mass is 19.1. The molecule has 0 aliphatic carbocycles. The second kappa shape index (κ2) is 8.26. The van der Waals surface area contributed by atoms with E-state index in [0.29, 0.717) is 31.8 Å². The maximum absolute atomic E-state index is 13.6. The van der Waals surface area contributed by atoms with Gasteiger partial charge in [-0.3, -0.25) is 0 Å². The van der Waals surface area contributed by atoms with E-state index in [2.05, 4.69) is 0 Å². The van der Waals surface area contributed by atoms with Crippen LogP contribution in [0.5, 0.6) is 5.75 Å². The third-order valence-corrected chi connectivity index (χ3v) is 2.29. The first kappa shape index (κ1) is 15.2. The third-order valence-electron chi connectivity index (χ3n) is 2.29. The summed E-state index contributed by atoms with van der Waals surface area (Å²) in [4.78, 5) is 10.5. The molecule has 0 aliphatic rings. The molecule has 0 heterocycles. The van der Waals surface area contributed by atoms with Crippen molar-refractivity contribution in [3.05, 3.63) is 35.7 Å². The Balaban J connectivity index is 2.66. The van der Waals surface area contributed by atoms with E-state index in [1.807, 2.05) is 6.92 Å². The van der Waals surface area contributed by atoms with Crippen molar-refractivity contribution in [1.29, 1.82) is 0 Å². The first-order valence-corrected chi connectivity index (χ1v) is 6.05. The lowest BCUT2D eigenvalue weighted by Crippen LogP contribution is -2.05. The number of para-hydroxylation sites is 1. The van der Waals surface area contributed by atoms with Gasteiger partial charge in [-0.05, 0) is 19.1 Å². The molecule has 0 saturated carbocycles. The normalized spacial score (nSPS) is 10.8. The average Bonchev–Trinajstić information content (AvgIpc) is 2.38. The van der Waals surface area contributed by atoms with Gasteiger partial charge in [-0.15, -0.1) is 0 Å². The van der Waals surface area contributed by atoms with Gasteiger partial charge in [0, 0.05) is 31.3 Å². The first-order valence-electron chi connectivity index (χ1n) is 6.05. The van der Waals surface area contributed by atoms with E-state index >= 15 is 0 Å². The Morgan fingerprint density at radius 1 is 1.42 bits per heavy atom. The Morgan fingerprint density at radius 3 is 2.89 bits per heavy atom. The molecule has 0 unspecified atom stereocenters. The van der Waals surface area contributed by atoms with Crippen molar-refractivity contribution in [1.82, 2.24) is 0 Å². The molecule has 0 fully saturated rings. The largest absolute Gasteiger partial charge is 0.490 e. The number of carbonyl (C=O) groups is 1. The summed E-state index contributed by atoms with van der Waals surface area (Å²) in [5.74, 6) is -1.54. The molecule has 0 atom stereocenters. The number of carboxylic acid groups (broad SMARTS) is 1. The molecule has 0 aromatic heterocycles. The smallest absolute Gasteiger partial charge is 0.328 e. The van der Waals surface area contributed by atoms with Crippen molar-refractivity contribution >= 4 is 12.0 Å². The maximum atomic E-state index is 13.6. The van der Waals surface area contributed by atoms with Crippen LogP contribution in [-0.2, 0) is 9.53 Å². The Morgan fingerprint density at radius 2 is 2.21 bits per heavy atom. The molecular formula is C14H17FO4. The number of aliphatic carboxylic acids is 1. The molecule has 0 bridgehead atoms. The molecular weight excluding hydrogens is 251 g/mol. The number of rotatable bonds is 8. The minimum Gasteiger partial charge on any atom is -0.490 e. The number of carboxylic acids is 1. The lowest BCUT2D eigenvalue weighted by atomic mass is 10.2. The summed E-state index contributed by atoms with van der Waals surface area (Å²) >= 11 is 0. The molecule has 0 saturated heterocycles. The van der Waals surface area contributed by atoms with Crippen molar-refractivity contribution in [2.45, 2.75) is 13.3 Å². The van der Waals surface area contributed by atoms with Crippen LogP contribution in [-0.4, -0.2) is 30.9 Å². The van der Waals surface area contributed by atoms with E-state index in [-0.39, 0.29) is 5.75 Å². The van der Waals surface area contributed by atoms with Crippen molar-refractivity contribution in [3.63, 3.8) is 0 Å². The van der Waals surface area contributed by atoms with E-state index < -0.39 is 11.8 Å². The summed E-state index contributed by atoms with van der Waals surface area (Å²) in [6.07, 6.45) is 2.90. The highest BCUT2D eigenvalue weighted by Crippen LogP contribution is 2.24. The van der Waals surface area contributed by atoms with Gasteiger partial charge in [0.1, 0.15) is 0 Å². The SMILES string of the molecule is CCOCCCOc1c(F)cccc1/C=C/C(=O)O. The zero-order valence-corrected chi connectivity index (χ0v) is 10.8. The van der Waals surface area contributed by atoms with Crippen LogP contribution < -0.4 is 4.74 Å². The fourth-order valence-corrected chi connectivity index (χ4v) is 1.45. The Kier molecular flexibility index (Phi) is 6.60. The van der Waals surface area contributed by atoms with Crippen LogP contribution >= 0.6 is 0 Å². The van der Waals surface area contributed by atoms with Crippen molar-refractivity contribution in [3.8, 4) is 5.75 Å². The molecule has 104 valence electrons. The van der Waals surface area contributed by atoms with Crippen LogP contribution in [0.4, 0.5) is 4.39 Å². The highest BCUT2D eigenvalue weighted by molar-refractivity contribution is 5.85. The van der Waals surface area contributed by atoms with Crippen molar-refractivity contribution < 1.29 is 23.8 Å². The van der Waals surface area contributed by atoms with Crippen LogP contribution in [0.3, 0.4) is 0 Å². The molecule has 1 aromatic rings. The number of halogens is 1. The van der Waals surface area contributed by atoms with Gasteiger partial charge in [-0.1, -0.05) is 12.1 Å². The molecule has 1 aromatic carbocycles. The van der Waals surface area contributed by atoms with Gasteiger partial charge in [0.25, 0.3) is 0 Å². The third kappa shape index (κ3) is 5.52. The van der Waals surface area contributed by atoms with E-state index in [0.717, 1.165) is 6.08 Å². The molecule has 1 N–H and O–H groups in total. The first-order chi connectivity index (χ1) is 9.15. The molecule has 0 spiro atoms. The molecule has 0 radical (unpaired) electrons. The fraction of sp³-hybridized carbons (Fsp3) is 0.357. The predicted octanol–water partition coefficient (Wildman–Crippen LogP) is 2.73. The van der Waals surface area contributed by atoms with Crippen LogP contribution in [0.15, 0.2) is 24.3 Å². The van der Waals surface area contributed by atoms with E-state index in [1.54, 1.807) is 6.07 Å². The monoisotopic (exact) mass is 268 g/mol. The van der Waals surface area contributed by atoms with Crippen LogP contribution in [0.1, 0.15) is 18.9 Å². The van der Waals surface area contributed by atoms with E-state index in [4.69, 9.17) is 14.6 Å². The van der Waals surface area contributed by atoms with E-state index in [1.165, 1.54) is 18.2 Å². The van der Waals surface area contributed by atoms with Gasteiger partial charge < -0.3 is 14.6 Å². The van der Waals surface area contributed by atoms with Gasteiger partial charge in [0.05, 0.1) is 6.61 Å². The summed E-state index contributed by atoms with van der Waals surface area (Å²) in [7, 11) is 0. The van der Waals surface area contributed by atoms with Gasteiger partial charge in [-0.25, -0.2) is 9.18 Å². The quantitative estimate of drug-likeness (QED) is 0.582. The Hall–Kier alpha value is -1.88. The summed E-state index contributed by atoms with van der Waals surface area (Å²) in [5.41, 5.74) is 0.402. The summed E-state index contributed by atoms with van der Waals surface area (Å²) in [6.45, 7) is 3.39. The lowest BCUT2D eigenvalue weighted by molar-refractivity contribution is -0.131. The zero-order valence-electron chi connectivity index (χ0n) is 10.8. The maximum Gasteiger partial charge on any atom is 0.328 e. The van der Waals surface area contributed by atoms with Crippen LogP contribution in [0.25, 0.3) is 6.08 Å². The Labute approximate surface area is 111 Å². The second-order valence-electron chi connectivity index (χ2n) is 3.73. The minimum absolute atomic E-state index is 0.0662. The van der Waals surface area contributed by atoms with E-state index in [9.17, 15) is 9.18 Å². The number of hydrogen-bond donors (Lipinski definition) is 1. The van der Waals surface area contributed by atoms with Crippen molar-refractivity contribution in [2.75, 3.05) is 19.8 Å². The van der Waals surface area contributed by atoms with Crippen molar-refractivity contribution in [2.24, 2.45) is 0 Å². The van der Waals surface area contributed by atoms with Gasteiger partial charge in [-0.2, -0.15) is 0 Å². The van der Waals surface area contributed by atoms with Gasteiger partial charge in [0.2, 0.25) is 0 Å². The standard InChI is InChI=1S/C14H17FO4/c1-2-18-9-4-10-19-14-11(7-8-13(16)17)5-3-6-12(14)15/h3,5-8H,2,4,9-10H2,1H3,(H,16,17)/b8-7+. The summed E-state index contributed by atoms with van der Waals surface area (Å²) < 4.78 is 24.1. The second-order valence-corrected chi connectivity index (χ2v) is 3.73. The zero-order chi connectivity index (χ0) is 14.1. The molecule has 5 heteroatoms. The molecule has 1 rings (SSSR count). The van der Waals surface area contributed by atoms with Crippen LogP contribution in [0, 0.1) is 5.82 Å².